The number of hydrogen-bond donors (Lipinski definition) is 1. The predicted octanol–water partition coefficient (Wildman–Crippen LogP) is 7.70. The van der Waals surface area contributed by atoms with Gasteiger partial charge in [0.2, 0.25) is 0 Å². The third-order valence-electron chi connectivity index (χ3n) is 9.20. The monoisotopic (exact) mass is 505 g/mol. The Morgan fingerprint density at radius 1 is 1.06 bits per heavy atom. The fraction of sp³-hybridized carbons (Fsp3) is 0.516. The molecule has 4 saturated carbocycles. The number of nitrogens with zero attached hydrogens (tertiary/aromatic N) is 1. The van der Waals surface area contributed by atoms with Crippen molar-refractivity contribution in [3.63, 3.8) is 0 Å². The first-order chi connectivity index (χ1) is 17.4. The van der Waals surface area contributed by atoms with E-state index in [0.29, 0.717) is 17.5 Å². The molecular weight excluding hydrogens is 470 g/mol. The Morgan fingerprint density at radius 3 is 2.44 bits per heavy atom. The van der Waals surface area contributed by atoms with Crippen LogP contribution in [0.2, 0.25) is 5.02 Å². The summed E-state index contributed by atoms with van der Waals surface area (Å²) < 4.78 is 12.7. The summed E-state index contributed by atoms with van der Waals surface area (Å²) in [4.78, 5) is 0. The van der Waals surface area contributed by atoms with Crippen LogP contribution in [0.4, 0.5) is 0 Å². The number of aryl methyl sites for hydroxylation is 2. The lowest BCUT2D eigenvalue weighted by molar-refractivity contribution is -0.168. The topological polar surface area (TPSA) is 55.5 Å². The fourth-order valence-electron chi connectivity index (χ4n) is 6.66. The van der Waals surface area contributed by atoms with Crippen molar-refractivity contribution in [3.05, 3.63) is 75.5 Å². The number of fused-ring (bicyclic) bond motifs is 3. The van der Waals surface area contributed by atoms with E-state index in [-0.39, 0.29) is 17.1 Å². The molecule has 36 heavy (non-hydrogen) atoms. The van der Waals surface area contributed by atoms with Crippen molar-refractivity contribution >= 4 is 11.6 Å². The lowest BCUT2D eigenvalue weighted by Crippen LogP contribution is -2.52. The summed E-state index contributed by atoms with van der Waals surface area (Å²) in [5.41, 5.74) is 6.36. The number of halogens is 1. The average Bonchev–Trinajstić information content (AvgIpc) is 3.64. The lowest BCUT2D eigenvalue weighted by Gasteiger charge is -2.55. The number of aliphatic hydroxyl groups is 1. The van der Waals surface area contributed by atoms with Crippen LogP contribution in [0.5, 0.6) is 0 Å². The van der Waals surface area contributed by atoms with E-state index < -0.39 is 0 Å². The summed E-state index contributed by atoms with van der Waals surface area (Å²) in [7, 11) is 0. The second-order valence-corrected chi connectivity index (χ2v) is 12.0. The Morgan fingerprint density at radius 2 is 1.78 bits per heavy atom. The SMILES string of the molecule is Cc1cccc(CC(O)C23CCC(OCc4c(-c5c(C)cccc5Cl)noc4C4CC4)(CC2)CC3)c1. The van der Waals surface area contributed by atoms with Gasteiger partial charge < -0.3 is 14.4 Å². The molecule has 5 heteroatoms. The molecule has 4 aliphatic carbocycles. The first kappa shape index (κ1) is 24.2. The molecule has 4 nitrogen and oxygen atoms in total. The second kappa shape index (κ2) is 9.31. The smallest absolute Gasteiger partial charge is 0.145 e. The fourth-order valence-corrected chi connectivity index (χ4v) is 6.97. The van der Waals surface area contributed by atoms with Gasteiger partial charge in [-0.05, 0) is 94.2 Å². The Hall–Kier alpha value is -2.14. The van der Waals surface area contributed by atoms with Gasteiger partial charge in [0.25, 0.3) is 0 Å². The minimum Gasteiger partial charge on any atom is -0.392 e. The molecule has 0 amide bonds. The van der Waals surface area contributed by atoms with Gasteiger partial charge in [-0.2, -0.15) is 0 Å². The van der Waals surface area contributed by atoms with Crippen molar-refractivity contribution in [2.24, 2.45) is 5.41 Å². The third-order valence-corrected chi connectivity index (χ3v) is 9.52. The van der Waals surface area contributed by atoms with E-state index in [0.717, 1.165) is 85.9 Å². The Labute approximate surface area is 219 Å². The maximum absolute atomic E-state index is 11.3. The summed E-state index contributed by atoms with van der Waals surface area (Å²) in [5, 5.41) is 16.5. The summed E-state index contributed by atoms with van der Waals surface area (Å²) in [6.07, 6.45) is 8.81. The van der Waals surface area contributed by atoms with E-state index in [2.05, 4.69) is 49.3 Å². The highest BCUT2D eigenvalue weighted by atomic mass is 35.5. The van der Waals surface area contributed by atoms with Crippen LogP contribution in [-0.4, -0.2) is 22.0 Å². The molecular formula is C31H36ClNO3. The van der Waals surface area contributed by atoms with Crippen LogP contribution in [0.15, 0.2) is 47.0 Å². The first-order valence-electron chi connectivity index (χ1n) is 13.5. The molecule has 1 aromatic heterocycles. The summed E-state index contributed by atoms with van der Waals surface area (Å²) in [6.45, 7) is 4.69. The molecule has 1 atom stereocenters. The van der Waals surface area contributed by atoms with Gasteiger partial charge in [0, 0.05) is 17.0 Å². The quantitative estimate of drug-likeness (QED) is 0.340. The highest BCUT2D eigenvalue weighted by Crippen LogP contribution is 2.56. The number of rotatable bonds is 8. The van der Waals surface area contributed by atoms with Crippen molar-refractivity contribution in [2.75, 3.05) is 0 Å². The molecule has 2 aromatic carbocycles. The Balaban J connectivity index is 1.17. The maximum atomic E-state index is 11.3. The van der Waals surface area contributed by atoms with Crippen LogP contribution in [0, 0.1) is 19.3 Å². The van der Waals surface area contributed by atoms with E-state index in [1.807, 2.05) is 12.1 Å². The molecule has 1 unspecified atom stereocenters. The van der Waals surface area contributed by atoms with E-state index >= 15 is 0 Å². The van der Waals surface area contributed by atoms with E-state index in [4.69, 9.17) is 20.9 Å². The van der Waals surface area contributed by atoms with Gasteiger partial charge in [-0.1, -0.05) is 58.7 Å². The lowest BCUT2D eigenvalue weighted by atomic mass is 9.56. The molecule has 7 rings (SSSR count). The van der Waals surface area contributed by atoms with Gasteiger partial charge in [0.15, 0.2) is 0 Å². The maximum Gasteiger partial charge on any atom is 0.145 e. The molecule has 1 N–H and O–H groups in total. The highest BCUT2D eigenvalue weighted by Gasteiger charge is 2.52. The molecule has 0 radical (unpaired) electrons. The van der Waals surface area contributed by atoms with Crippen molar-refractivity contribution < 1.29 is 14.4 Å². The van der Waals surface area contributed by atoms with E-state index in [9.17, 15) is 5.11 Å². The van der Waals surface area contributed by atoms with Gasteiger partial charge in [0.05, 0.1) is 23.3 Å². The molecule has 4 aliphatic rings. The summed E-state index contributed by atoms with van der Waals surface area (Å²) in [6, 6.07) is 14.5. The number of hydrogen-bond acceptors (Lipinski definition) is 4. The van der Waals surface area contributed by atoms with Gasteiger partial charge >= 0.3 is 0 Å². The Kier molecular flexibility index (Phi) is 6.26. The Bertz CT molecular complexity index is 1220. The number of ether oxygens (including phenoxy) is 1. The molecule has 0 saturated heterocycles. The first-order valence-corrected chi connectivity index (χ1v) is 13.9. The number of aromatic nitrogens is 1. The standard InChI is InChI=1S/C31H36ClNO3/c1-20-5-3-7-22(17-20)18-26(34)30-11-14-31(15-12-30,16-13-30)35-19-24-28(33-36-29(24)23-9-10-23)27-21(2)6-4-8-25(27)32/h3-8,17,23,26,34H,9-16,18-19H2,1-2H3. The summed E-state index contributed by atoms with van der Waals surface area (Å²) in [5.74, 6) is 1.43. The van der Waals surface area contributed by atoms with Crippen LogP contribution in [0.1, 0.15) is 85.3 Å². The zero-order valence-electron chi connectivity index (χ0n) is 21.4. The number of aliphatic hydroxyl groups excluding tert-OH is 1. The minimum atomic E-state index is -0.299. The van der Waals surface area contributed by atoms with Crippen molar-refractivity contribution in [1.82, 2.24) is 5.16 Å². The normalized spacial score (nSPS) is 26.3. The molecule has 190 valence electrons. The minimum absolute atomic E-state index is 0.0189. The predicted molar refractivity (Wildman–Crippen MR) is 142 cm³/mol. The van der Waals surface area contributed by atoms with Gasteiger partial charge in [0.1, 0.15) is 11.5 Å². The van der Waals surface area contributed by atoms with Crippen LogP contribution in [-0.2, 0) is 17.8 Å². The third kappa shape index (κ3) is 4.42. The van der Waals surface area contributed by atoms with E-state index in [1.54, 1.807) is 0 Å². The average molecular weight is 506 g/mol. The molecule has 4 fully saturated rings. The van der Waals surface area contributed by atoms with Crippen LogP contribution >= 0.6 is 11.6 Å². The molecule has 0 aliphatic heterocycles. The number of benzene rings is 2. The van der Waals surface area contributed by atoms with Gasteiger partial charge in [-0.25, -0.2) is 0 Å². The highest BCUT2D eigenvalue weighted by molar-refractivity contribution is 6.33. The zero-order chi connectivity index (χ0) is 24.9. The zero-order valence-corrected chi connectivity index (χ0v) is 22.1. The molecule has 0 spiro atoms. The second-order valence-electron chi connectivity index (χ2n) is 11.6. The van der Waals surface area contributed by atoms with Crippen LogP contribution < -0.4 is 0 Å². The van der Waals surface area contributed by atoms with Gasteiger partial charge in [-0.3, -0.25) is 0 Å². The van der Waals surface area contributed by atoms with Gasteiger partial charge in [-0.15, -0.1) is 0 Å². The van der Waals surface area contributed by atoms with Crippen molar-refractivity contribution in [2.45, 2.75) is 95.9 Å². The van der Waals surface area contributed by atoms with Crippen molar-refractivity contribution in [1.29, 1.82) is 0 Å². The largest absolute Gasteiger partial charge is 0.392 e. The van der Waals surface area contributed by atoms with Crippen LogP contribution in [0.3, 0.4) is 0 Å². The van der Waals surface area contributed by atoms with Crippen LogP contribution in [0.25, 0.3) is 11.3 Å². The molecule has 3 aromatic rings. The summed E-state index contributed by atoms with van der Waals surface area (Å²) >= 11 is 6.62. The van der Waals surface area contributed by atoms with E-state index in [1.165, 1.54) is 11.1 Å². The van der Waals surface area contributed by atoms with Crippen molar-refractivity contribution in [3.8, 4) is 11.3 Å². The molecule has 2 bridgehead atoms. The molecule has 1 heterocycles.